The van der Waals surface area contributed by atoms with Crippen molar-refractivity contribution in [1.29, 1.82) is 0 Å². The molecule has 1 N–H and O–H groups in total. The first-order valence-electron chi connectivity index (χ1n) is 6.66. The fourth-order valence-electron chi connectivity index (χ4n) is 2.55. The summed E-state index contributed by atoms with van der Waals surface area (Å²) < 4.78 is 5.21. The number of hydrogen-bond donors (Lipinski definition) is 1. The lowest BCUT2D eigenvalue weighted by Crippen LogP contribution is -2.35. The third-order valence-electron chi connectivity index (χ3n) is 3.33. The van der Waals surface area contributed by atoms with Crippen molar-refractivity contribution < 1.29 is 9.84 Å². The largest absolute Gasteiger partial charge is 0.389 e. The van der Waals surface area contributed by atoms with Gasteiger partial charge in [0.05, 0.1) is 12.7 Å². The third kappa shape index (κ3) is 5.83. The van der Waals surface area contributed by atoms with Crippen LogP contribution in [-0.2, 0) is 4.74 Å². The molecule has 0 bridgehead atoms. The zero-order valence-corrected chi connectivity index (χ0v) is 10.8. The molecule has 1 saturated carbocycles. The first kappa shape index (κ1) is 13.9. The Labute approximate surface area is 99.8 Å². The van der Waals surface area contributed by atoms with Crippen molar-refractivity contribution >= 4 is 0 Å². The van der Waals surface area contributed by atoms with Crippen LogP contribution in [0.15, 0.2) is 0 Å². The number of nitrogens with zero attached hydrogens (tertiary/aromatic N) is 1. The van der Waals surface area contributed by atoms with E-state index in [1.807, 2.05) is 6.92 Å². The summed E-state index contributed by atoms with van der Waals surface area (Å²) in [6, 6.07) is 0. The highest BCUT2D eigenvalue weighted by Gasteiger charge is 2.16. The summed E-state index contributed by atoms with van der Waals surface area (Å²) in [5, 5.41) is 9.71. The molecule has 1 unspecified atom stereocenters. The number of ether oxygens (including phenoxy) is 1. The normalized spacial score (nSPS) is 20.2. The van der Waals surface area contributed by atoms with Gasteiger partial charge in [-0.25, -0.2) is 0 Å². The van der Waals surface area contributed by atoms with Gasteiger partial charge in [0.25, 0.3) is 0 Å². The first-order chi connectivity index (χ1) is 7.72. The van der Waals surface area contributed by atoms with Crippen molar-refractivity contribution in [2.24, 2.45) is 5.92 Å². The lowest BCUT2D eigenvalue weighted by molar-refractivity contribution is 0.0224. The van der Waals surface area contributed by atoms with Gasteiger partial charge >= 0.3 is 0 Å². The van der Waals surface area contributed by atoms with Crippen LogP contribution in [0.5, 0.6) is 0 Å². The number of hydrogen-bond acceptors (Lipinski definition) is 3. The molecule has 16 heavy (non-hydrogen) atoms. The molecule has 3 nitrogen and oxygen atoms in total. The smallest absolute Gasteiger partial charge is 0.0900 e. The Morgan fingerprint density at radius 3 is 2.62 bits per heavy atom. The number of aliphatic hydroxyl groups excluding tert-OH is 1. The number of aliphatic hydroxyl groups is 1. The fourth-order valence-corrected chi connectivity index (χ4v) is 2.55. The number of rotatable bonds is 7. The van der Waals surface area contributed by atoms with Crippen LogP contribution in [0, 0.1) is 5.92 Å². The molecule has 0 amide bonds. The zero-order chi connectivity index (χ0) is 11.8. The molecule has 1 aliphatic rings. The zero-order valence-electron chi connectivity index (χ0n) is 10.8. The minimum Gasteiger partial charge on any atom is -0.389 e. The van der Waals surface area contributed by atoms with Gasteiger partial charge in [-0.15, -0.1) is 0 Å². The predicted octanol–water partition coefficient (Wildman–Crippen LogP) is 1.90. The van der Waals surface area contributed by atoms with Gasteiger partial charge in [-0.05, 0) is 32.7 Å². The molecule has 1 aliphatic carbocycles. The standard InChI is InChI=1S/C13H27NO2/c1-3-16-11-13(15)10-14(2)9-12-7-5-4-6-8-12/h12-13,15H,3-11H2,1-2H3. The van der Waals surface area contributed by atoms with E-state index in [1.54, 1.807) is 0 Å². The molecular formula is C13H27NO2. The van der Waals surface area contributed by atoms with Crippen LogP contribution >= 0.6 is 0 Å². The Morgan fingerprint density at radius 2 is 2.00 bits per heavy atom. The Balaban J connectivity index is 2.11. The van der Waals surface area contributed by atoms with E-state index in [4.69, 9.17) is 4.74 Å². The molecule has 96 valence electrons. The van der Waals surface area contributed by atoms with E-state index in [9.17, 15) is 5.11 Å². The number of likely N-dealkylation sites (N-methyl/N-ethyl adjacent to an activating group) is 1. The maximum Gasteiger partial charge on any atom is 0.0900 e. The summed E-state index contributed by atoms with van der Waals surface area (Å²) in [6.07, 6.45) is 6.58. The van der Waals surface area contributed by atoms with Gasteiger partial charge in [0.15, 0.2) is 0 Å². The van der Waals surface area contributed by atoms with Crippen LogP contribution < -0.4 is 0 Å². The summed E-state index contributed by atoms with van der Waals surface area (Å²) in [4.78, 5) is 2.25. The quantitative estimate of drug-likeness (QED) is 0.723. The van der Waals surface area contributed by atoms with E-state index < -0.39 is 0 Å². The average molecular weight is 229 g/mol. The Morgan fingerprint density at radius 1 is 1.31 bits per heavy atom. The van der Waals surface area contributed by atoms with E-state index in [0.29, 0.717) is 13.2 Å². The van der Waals surface area contributed by atoms with Gasteiger partial charge in [-0.2, -0.15) is 0 Å². The summed E-state index contributed by atoms with van der Waals surface area (Å²) in [6.45, 7) is 4.97. The van der Waals surface area contributed by atoms with Crippen molar-refractivity contribution in [3.63, 3.8) is 0 Å². The second-order valence-corrected chi connectivity index (χ2v) is 5.04. The van der Waals surface area contributed by atoms with Gasteiger partial charge in [-0.1, -0.05) is 19.3 Å². The molecule has 0 spiro atoms. The molecule has 1 rings (SSSR count). The lowest BCUT2D eigenvalue weighted by Gasteiger charge is -2.28. The van der Waals surface area contributed by atoms with Crippen LogP contribution in [0.1, 0.15) is 39.0 Å². The third-order valence-corrected chi connectivity index (χ3v) is 3.33. The second kappa shape index (κ2) is 8.04. The monoisotopic (exact) mass is 229 g/mol. The van der Waals surface area contributed by atoms with Crippen LogP contribution in [0.2, 0.25) is 0 Å². The highest BCUT2D eigenvalue weighted by molar-refractivity contribution is 4.70. The van der Waals surface area contributed by atoms with Gasteiger partial charge in [-0.3, -0.25) is 0 Å². The topological polar surface area (TPSA) is 32.7 Å². The highest BCUT2D eigenvalue weighted by atomic mass is 16.5. The summed E-state index contributed by atoms with van der Waals surface area (Å²) in [5.74, 6) is 0.845. The molecule has 1 fully saturated rings. The Bertz CT molecular complexity index is 169. The second-order valence-electron chi connectivity index (χ2n) is 5.04. The lowest BCUT2D eigenvalue weighted by atomic mass is 9.89. The van der Waals surface area contributed by atoms with Crippen molar-refractivity contribution in [2.45, 2.75) is 45.1 Å². The molecule has 1 atom stereocenters. The molecule has 0 aromatic carbocycles. The highest BCUT2D eigenvalue weighted by Crippen LogP contribution is 2.24. The fraction of sp³-hybridized carbons (Fsp3) is 1.00. The van der Waals surface area contributed by atoms with Gasteiger partial charge < -0.3 is 14.7 Å². The SMILES string of the molecule is CCOCC(O)CN(C)CC1CCCCC1. The molecule has 0 heterocycles. The molecule has 0 aliphatic heterocycles. The predicted molar refractivity (Wildman–Crippen MR) is 66.6 cm³/mol. The Kier molecular flexibility index (Phi) is 7.01. The van der Waals surface area contributed by atoms with Crippen molar-refractivity contribution in [1.82, 2.24) is 4.90 Å². The van der Waals surface area contributed by atoms with E-state index in [2.05, 4.69) is 11.9 Å². The molecular weight excluding hydrogens is 202 g/mol. The van der Waals surface area contributed by atoms with Crippen LogP contribution in [0.25, 0.3) is 0 Å². The van der Waals surface area contributed by atoms with Crippen molar-refractivity contribution in [2.75, 3.05) is 33.4 Å². The first-order valence-corrected chi connectivity index (χ1v) is 6.66. The minimum atomic E-state index is -0.339. The van der Waals surface area contributed by atoms with E-state index in [0.717, 1.165) is 19.0 Å². The van der Waals surface area contributed by atoms with Gasteiger partial charge in [0, 0.05) is 19.7 Å². The molecule has 0 aromatic heterocycles. The summed E-state index contributed by atoms with van der Waals surface area (Å²) >= 11 is 0. The molecule has 0 radical (unpaired) electrons. The van der Waals surface area contributed by atoms with E-state index in [-0.39, 0.29) is 6.10 Å². The summed E-state index contributed by atoms with van der Waals surface area (Å²) in [7, 11) is 2.10. The van der Waals surface area contributed by atoms with E-state index >= 15 is 0 Å². The van der Waals surface area contributed by atoms with Gasteiger partial charge in [0.2, 0.25) is 0 Å². The molecule has 3 heteroatoms. The van der Waals surface area contributed by atoms with E-state index in [1.165, 1.54) is 32.1 Å². The van der Waals surface area contributed by atoms with Crippen LogP contribution in [-0.4, -0.2) is 49.5 Å². The van der Waals surface area contributed by atoms with Crippen LogP contribution in [0.4, 0.5) is 0 Å². The van der Waals surface area contributed by atoms with Crippen molar-refractivity contribution in [3.05, 3.63) is 0 Å². The molecule has 0 aromatic rings. The Hall–Kier alpha value is -0.120. The van der Waals surface area contributed by atoms with Crippen LogP contribution in [0.3, 0.4) is 0 Å². The maximum absolute atomic E-state index is 9.71. The summed E-state index contributed by atoms with van der Waals surface area (Å²) in [5.41, 5.74) is 0. The minimum absolute atomic E-state index is 0.339. The maximum atomic E-state index is 9.71. The van der Waals surface area contributed by atoms with Gasteiger partial charge in [0.1, 0.15) is 0 Å². The average Bonchev–Trinajstić information content (AvgIpc) is 2.27. The molecule has 0 saturated heterocycles. The van der Waals surface area contributed by atoms with Crippen molar-refractivity contribution in [3.8, 4) is 0 Å².